The predicted octanol–water partition coefficient (Wildman–Crippen LogP) is -4.45. The van der Waals surface area contributed by atoms with Crippen molar-refractivity contribution in [3.05, 3.63) is 0 Å². The smallest absolute Gasteiger partial charge is 0.397 e. The van der Waals surface area contributed by atoms with Crippen LogP contribution in [-0.2, 0) is 33.6 Å². The van der Waals surface area contributed by atoms with Crippen LogP contribution >= 0.6 is 0 Å². The molecule has 0 aromatic carbocycles. The number of ether oxygens (including phenoxy) is 3. The summed E-state index contributed by atoms with van der Waals surface area (Å²) in [6.45, 7) is 1.25. The van der Waals surface area contributed by atoms with Gasteiger partial charge in [0.1, 0.15) is 36.6 Å². The lowest BCUT2D eigenvalue weighted by Crippen LogP contribution is -2.64. The van der Waals surface area contributed by atoms with Crippen LogP contribution in [0.1, 0.15) is 6.92 Å². The molecule has 0 saturated carbocycles. The van der Waals surface area contributed by atoms with Gasteiger partial charge in [-0.15, -0.1) is 0 Å². The minimum atomic E-state index is -5.13. The van der Waals surface area contributed by atoms with Gasteiger partial charge in [-0.05, 0) is 6.92 Å². The molecular formula is C12H20O14S. The van der Waals surface area contributed by atoms with Crippen LogP contribution in [0.2, 0.25) is 0 Å². The molecule has 10 atom stereocenters. The molecule has 0 bridgehead atoms. The summed E-state index contributed by atoms with van der Waals surface area (Å²) in [4.78, 5) is 11.1. The minimum Gasteiger partial charge on any atom is -0.479 e. The Bertz CT molecular complexity index is 638. The number of carbonyl (C=O) groups is 1. The molecule has 0 aliphatic carbocycles. The highest BCUT2D eigenvalue weighted by atomic mass is 32.3. The van der Waals surface area contributed by atoms with Crippen molar-refractivity contribution < 1.29 is 66.8 Å². The quantitative estimate of drug-likeness (QED) is 0.208. The van der Waals surface area contributed by atoms with Gasteiger partial charge in [-0.1, -0.05) is 0 Å². The number of hydrogen-bond donors (Lipinski definition) is 7. The Balaban J connectivity index is 2.26. The Kier molecular flexibility index (Phi) is 6.76. The first-order valence-electron chi connectivity index (χ1n) is 7.58. The molecule has 0 radical (unpaired) electrons. The summed E-state index contributed by atoms with van der Waals surface area (Å²) in [6, 6.07) is 0. The van der Waals surface area contributed by atoms with Crippen LogP contribution in [0.4, 0.5) is 0 Å². The second-order valence-electron chi connectivity index (χ2n) is 6.05. The van der Waals surface area contributed by atoms with Gasteiger partial charge >= 0.3 is 16.4 Å². The second-order valence-corrected chi connectivity index (χ2v) is 7.09. The Hall–Kier alpha value is -0.980. The van der Waals surface area contributed by atoms with Crippen molar-refractivity contribution in [3.63, 3.8) is 0 Å². The van der Waals surface area contributed by atoms with Gasteiger partial charge in [0.15, 0.2) is 18.7 Å². The van der Waals surface area contributed by atoms with E-state index in [4.69, 9.17) is 23.9 Å². The summed E-state index contributed by atoms with van der Waals surface area (Å²) in [5, 5.41) is 57.8. The summed E-state index contributed by atoms with van der Waals surface area (Å²) in [5.74, 6) is -1.68. The zero-order valence-electron chi connectivity index (χ0n) is 13.7. The molecule has 2 saturated heterocycles. The van der Waals surface area contributed by atoms with Gasteiger partial charge in [0.2, 0.25) is 0 Å². The first-order valence-corrected chi connectivity index (χ1v) is 8.95. The monoisotopic (exact) mass is 420 g/mol. The van der Waals surface area contributed by atoms with E-state index in [9.17, 15) is 38.7 Å². The third kappa shape index (κ3) is 4.90. The van der Waals surface area contributed by atoms with Crippen LogP contribution in [0.15, 0.2) is 0 Å². The molecule has 158 valence electrons. The summed E-state index contributed by atoms with van der Waals surface area (Å²) in [6.07, 6.45) is -18.6. The maximum absolute atomic E-state index is 11.1. The van der Waals surface area contributed by atoms with E-state index in [1.54, 1.807) is 0 Å². The molecule has 27 heavy (non-hydrogen) atoms. The topological polar surface area (TPSA) is 230 Å². The summed E-state index contributed by atoms with van der Waals surface area (Å²) >= 11 is 0. The van der Waals surface area contributed by atoms with Crippen LogP contribution < -0.4 is 0 Å². The zero-order chi connectivity index (χ0) is 20.7. The van der Waals surface area contributed by atoms with Crippen LogP contribution in [-0.4, -0.2) is 111 Å². The lowest BCUT2D eigenvalue weighted by atomic mass is 9.97. The van der Waals surface area contributed by atoms with Crippen LogP contribution in [0.3, 0.4) is 0 Å². The van der Waals surface area contributed by atoms with Gasteiger partial charge in [0, 0.05) is 0 Å². The standard InChI is InChI=1S/C12H20O14S/c1-2-7(8(26-27(20,21)22)6(16)11(19)23-2)24-12-5(15)3(13)4(14)9(25-12)10(17)18/h2-9,11-16,19H,1H3,(H,17,18)(H,20,21,22)/t2-,3-,4-,5+,6+,7-,8-,9+,11?,12+/m0/s1. The van der Waals surface area contributed by atoms with Gasteiger partial charge in [-0.25, -0.2) is 8.98 Å². The average Bonchev–Trinajstić information content (AvgIpc) is 2.54. The lowest BCUT2D eigenvalue weighted by Gasteiger charge is -2.45. The van der Waals surface area contributed by atoms with E-state index in [0.717, 1.165) is 0 Å². The normalized spacial score (nSPS) is 46.2. The summed E-state index contributed by atoms with van der Waals surface area (Å²) in [7, 11) is -5.13. The zero-order valence-corrected chi connectivity index (χ0v) is 14.5. The largest absolute Gasteiger partial charge is 0.479 e. The maximum atomic E-state index is 11.1. The highest BCUT2D eigenvalue weighted by Crippen LogP contribution is 2.30. The van der Waals surface area contributed by atoms with Gasteiger partial charge in [0.05, 0.1) is 6.10 Å². The van der Waals surface area contributed by atoms with Gasteiger partial charge in [-0.2, -0.15) is 8.42 Å². The molecule has 2 heterocycles. The van der Waals surface area contributed by atoms with E-state index in [1.807, 2.05) is 0 Å². The Morgan fingerprint density at radius 1 is 0.926 bits per heavy atom. The van der Waals surface area contributed by atoms with E-state index in [1.165, 1.54) is 6.92 Å². The molecule has 14 nitrogen and oxygen atoms in total. The van der Waals surface area contributed by atoms with Crippen LogP contribution in [0.5, 0.6) is 0 Å². The first-order chi connectivity index (χ1) is 12.3. The van der Waals surface area contributed by atoms with Crippen LogP contribution in [0, 0.1) is 0 Å². The van der Waals surface area contributed by atoms with Crippen molar-refractivity contribution in [2.75, 3.05) is 0 Å². The van der Waals surface area contributed by atoms with E-state index < -0.39 is 77.8 Å². The molecule has 7 N–H and O–H groups in total. The molecular weight excluding hydrogens is 400 g/mol. The predicted molar refractivity (Wildman–Crippen MR) is 78.2 cm³/mol. The SMILES string of the molecule is C[C@@H]1OC(O)[C@H](O)[C@H](OS(=O)(=O)O)[C@H]1O[C@@H]1O[C@@H](C(=O)O)[C@@H](O)[C@H](O)[C@H]1O. The van der Waals surface area contributed by atoms with Gasteiger partial charge in [-0.3, -0.25) is 4.55 Å². The van der Waals surface area contributed by atoms with Crippen LogP contribution in [0.25, 0.3) is 0 Å². The number of rotatable bonds is 5. The van der Waals surface area contributed by atoms with Crippen molar-refractivity contribution >= 4 is 16.4 Å². The summed E-state index contributed by atoms with van der Waals surface area (Å²) in [5.41, 5.74) is 0. The fourth-order valence-electron chi connectivity index (χ4n) is 2.76. The molecule has 15 heteroatoms. The molecule has 2 rings (SSSR count). The molecule has 0 aromatic heterocycles. The molecule has 0 amide bonds. The number of aliphatic hydroxyl groups excluding tert-OH is 5. The van der Waals surface area contributed by atoms with E-state index >= 15 is 0 Å². The molecule has 2 fully saturated rings. The number of aliphatic carboxylic acids is 1. The summed E-state index contributed by atoms with van der Waals surface area (Å²) < 4.78 is 50.2. The fourth-order valence-corrected chi connectivity index (χ4v) is 3.27. The third-order valence-electron chi connectivity index (χ3n) is 4.11. The van der Waals surface area contributed by atoms with Gasteiger partial charge < -0.3 is 44.8 Å². The van der Waals surface area contributed by atoms with Crippen molar-refractivity contribution in [1.82, 2.24) is 0 Å². The highest BCUT2D eigenvalue weighted by molar-refractivity contribution is 7.80. The molecule has 2 aliphatic heterocycles. The van der Waals surface area contributed by atoms with Crippen molar-refractivity contribution in [1.29, 1.82) is 0 Å². The molecule has 2 aliphatic rings. The minimum absolute atomic E-state index is 1.21. The van der Waals surface area contributed by atoms with E-state index in [2.05, 4.69) is 4.18 Å². The Morgan fingerprint density at radius 2 is 1.52 bits per heavy atom. The fraction of sp³-hybridized carbons (Fsp3) is 0.917. The Morgan fingerprint density at radius 3 is 2.04 bits per heavy atom. The molecule has 1 unspecified atom stereocenters. The highest BCUT2D eigenvalue weighted by Gasteiger charge is 2.52. The molecule has 0 aromatic rings. The van der Waals surface area contributed by atoms with Crippen molar-refractivity contribution in [3.8, 4) is 0 Å². The van der Waals surface area contributed by atoms with Crippen molar-refractivity contribution in [2.24, 2.45) is 0 Å². The number of hydrogen-bond acceptors (Lipinski definition) is 12. The van der Waals surface area contributed by atoms with E-state index in [-0.39, 0.29) is 0 Å². The number of carboxylic acid groups (broad SMARTS) is 1. The molecule has 0 spiro atoms. The van der Waals surface area contributed by atoms with E-state index in [0.29, 0.717) is 0 Å². The Labute approximate surface area is 152 Å². The number of aliphatic hydroxyl groups is 5. The second kappa shape index (κ2) is 8.18. The average molecular weight is 420 g/mol. The maximum Gasteiger partial charge on any atom is 0.397 e. The third-order valence-corrected chi connectivity index (χ3v) is 4.57. The van der Waals surface area contributed by atoms with Crippen molar-refractivity contribution in [2.45, 2.75) is 68.3 Å². The first kappa shape index (κ1) is 22.3. The van der Waals surface area contributed by atoms with Gasteiger partial charge in [0.25, 0.3) is 0 Å². The lowest BCUT2D eigenvalue weighted by molar-refractivity contribution is -0.344. The number of carboxylic acids is 1.